The zero-order valence-electron chi connectivity index (χ0n) is 18.3. The fourth-order valence-electron chi connectivity index (χ4n) is 4.35. The third kappa shape index (κ3) is 3.65. The van der Waals surface area contributed by atoms with E-state index in [1.807, 2.05) is 37.3 Å². The summed E-state index contributed by atoms with van der Waals surface area (Å²) in [6.45, 7) is 2.39. The highest BCUT2D eigenvalue weighted by Crippen LogP contribution is 2.47. The van der Waals surface area contributed by atoms with Gasteiger partial charge < -0.3 is 14.2 Å². The first-order valence-electron chi connectivity index (χ1n) is 10.8. The largest absolute Gasteiger partial charge is 0.497 e. The van der Waals surface area contributed by atoms with E-state index >= 15 is 0 Å². The number of pyridine rings is 1. The van der Waals surface area contributed by atoms with Gasteiger partial charge in [-0.15, -0.1) is 0 Å². The second kappa shape index (κ2) is 8.53. The summed E-state index contributed by atoms with van der Waals surface area (Å²) in [6.07, 6.45) is 1.55. The molecule has 2 aromatic heterocycles. The average molecular weight is 465 g/mol. The molecule has 0 amide bonds. The molecule has 2 unspecified atom stereocenters. The van der Waals surface area contributed by atoms with Crippen LogP contribution in [0, 0.1) is 0 Å². The van der Waals surface area contributed by atoms with Crippen molar-refractivity contribution in [3.8, 4) is 11.5 Å². The van der Waals surface area contributed by atoms with Crippen LogP contribution in [-0.2, 0) is 14.8 Å². The van der Waals surface area contributed by atoms with Crippen LogP contribution in [0.5, 0.6) is 11.5 Å². The van der Waals surface area contributed by atoms with Crippen LogP contribution in [0.25, 0.3) is 11.0 Å². The molecule has 8 heteroatoms. The lowest BCUT2D eigenvalue weighted by Crippen LogP contribution is -2.31. The number of fused-ring (bicyclic) bond motifs is 3. The van der Waals surface area contributed by atoms with Crippen molar-refractivity contribution in [2.24, 2.45) is 0 Å². The lowest BCUT2D eigenvalue weighted by molar-refractivity contribution is -0.0889. The quantitative estimate of drug-likeness (QED) is 0.416. The third-order valence-corrected chi connectivity index (χ3v) is 7.55. The Labute approximate surface area is 192 Å². The number of hydrogen-bond acceptors (Lipinski definition) is 6. The van der Waals surface area contributed by atoms with E-state index in [2.05, 4.69) is 4.98 Å². The van der Waals surface area contributed by atoms with Gasteiger partial charge in [0, 0.05) is 25.1 Å². The minimum Gasteiger partial charge on any atom is -0.497 e. The highest BCUT2D eigenvalue weighted by Gasteiger charge is 2.39. The van der Waals surface area contributed by atoms with E-state index in [0.29, 0.717) is 35.5 Å². The minimum absolute atomic E-state index is 0.191. The third-order valence-electron chi connectivity index (χ3n) is 5.83. The number of ether oxygens (including phenoxy) is 3. The molecule has 170 valence electrons. The monoisotopic (exact) mass is 464 g/mol. The van der Waals surface area contributed by atoms with Gasteiger partial charge in [0.05, 0.1) is 23.1 Å². The molecule has 2 aromatic carbocycles. The molecule has 0 aliphatic carbocycles. The van der Waals surface area contributed by atoms with Crippen LogP contribution in [0.1, 0.15) is 30.5 Å². The molecule has 33 heavy (non-hydrogen) atoms. The Balaban J connectivity index is 1.79. The maximum absolute atomic E-state index is 13.9. The summed E-state index contributed by atoms with van der Waals surface area (Å²) in [5.41, 5.74) is 1.83. The molecule has 7 nitrogen and oxygen atoms in total. The van der Waals surface area contributed by atoms with E-state index in [0.717, 1.165) is 11.3 Å². The number of aromatic nitrogens is 2. The Kier molecular flexibility index (Phi) is 5.55. The smallest absolute Gasteiger partial charge is 0.269 e. The van der Waals surface area contributed by atoms with Crippen LogP contribution in [0.2, 0.25) is 0 Å². The topological polar surface area (TPSA) is 79.7 Å². The first kappa shape index (κ1) is 21.5. The fourth-order valence-corrected chi connectivity index (χ4v) is 5.90. The molecular formula is C25H24N2O5S. The Morgan fingerprint density at radius 2 is 1.82 bits per heavy atom. The van der Waals surface area contributed by atoms with Crippen LogP contribution >= 0.6 is 0 Å². The van der Waals surface area contributed by atoms with Gasteiger partial charge in [0.2, 0.25) is 6.29 Å². The summed E-state index contributed by atoms with van der Waals surface area (Å²) in [5, 5.41) is 0.634. The predicted octanol–water partition coefficient (Wildman–Crippen LogP) is 4.56. The molecule has 0 spiro atoms. The summed E-state index contributed by atoms with van der Waals surface area (Å²) < 4.78 is 46.5. The molecule has 4 aromatic rings. The lowest BCUT2D eigenvalue weighted by Gasteiger charge is -2.31. The number of benzene rings is 2. The van der Waals surface area contributed by atoms with E-state index < -0.39 is 16.3 Å². The minimum atomic E-state index is -3.94. The fraction of sp³-hybridized carbons (Fsp3) is 0.240. The number of rotatable bonds is 6. The second-order valence-electron chi connectivity index (χ2n) is 7.74. The Bertz CT molecular complexity index is 1380. The van der Waals surface area contributed by atoms with Gasteiger partial charge in [-0.1, -0.05) is 30.3 Å². The standard InChI is InChI=1S/C25H24N2O5S/c1-3-31-22-16-21(17-11-13-18(30-2)14-12-17)23-24(32-22)20-10-7-15-26-25(20)27(23)33(28,29)19-8-5-4-6-9-19/h4-15,21-22H,3,16H2,1-2H3. The van der Waals surface area contributed by atoms with Crippen LogP contribution in [0.4, 0.5) is 0 Å². The number of hydrogen-bond donors (Lipinski definition) is 0. The van der Waals surface area contributed by atoms with Crippen molar-refractivity contribution in [2.45, 2.75) is 30.4 Å². The Morgan fingerprint density at radius 1 is 1.06 bits per heavy atom. The summed E-state index contributed by atoms with van der Waals surface area (Å²) in [7, 11) is -2.32. The van der Waals surface area contributed by atoms with Crippen molar-refractivity contribution in [2.75, 3.05) is 13.7 Å². The summed E-state index contributed by atoms with van der Waals surface area (Å²) >= 11 is 0. The molecule has 1 aliphatic heterocycles. The van der Waals surface area contributed by atoms with E-state index in [4.69, 9.17) is 14.2 Å². The maximum Gasteiger partial charge on any atom is 0.269 e. The van der Waals surface area contributed by atoms with Gasteiger partial charge in [0.25, 0.3) is 10.0 Å². The van der Waals surface area contributed by atoms with E-state index in [1.165, 1.54) is 3.97 Å². The highest BCUT2D eigenvalue weighted by atomic mass is 32.2. The zero-order valence-corrected chi connectivity index (χ0v) is 19.2. The van der Waals surface area contributed by atoms with Gasteiger partial charge in [0.15, 0.2) is 11.4 Å². The summed E-state index contributed by atoms with van der Waals surface area (Å²) in [4.78, 5) is 4.64. The van der Waals surface area contributed by atoms with Gasteiger partial charge in [-0.2, -0.15) is 0 Å². The van der Waals surface area contributed by atoms with Crippen molar-refractivity contribution in [1.82, 2.24) is 8.96 Å². The molecule has 0 saturated carbocycles. The van der Waals surface area contributed by atoms with Gasteiger partial charge in [0.1, 0.15) is 5.75 Å². The van der Waals surface area contributed by atoms with Gasteiger partial charge >= 0.3 is 0 Å². The van der Waals surface area contributed by atoms with Gasteiger partial charge in [-0.25, -0.2) is 17.4 Å². The van der Waals surface area contributed by atoms with E-state index in [1.54, 1.807) is 49.7 Å². The molecule has 0 radical (unpaired) electrons. The van der Waals surface area contributed by atoms with Crippen molar-refractivity contribution in [3.63, 3.8) is 0 Å². The molecule has 2 atom stereocenters. The van der Waals surface area contributed by atoms with Crippen molar-refractivity contribution in [3.05, 3.63) is 84.2 Å². The molecule has 0 N–H and O–H groups in total. The van der Waals surface area contributed by atoms with Crippen molar-refractivity contribution >= 4 is 21.1 Å². The van der Waals surface area contributed by atoms with E-state index in [-0.39, 0.29) is 10.8 Å². The Morgan fingerprint density at radius 3 is 2.52 bits per heavy atom. The summed E-state index contributed by atoms with van der Waals surface area (Å²) in [5.74, 6) is 0.929. The van der Waals surface area contributed by atoms with Crippen molar-refractivity contribution < 1.29 is 22.6 Å². The van der Waals surface area contributed by atoms with Gasteiger partial charge in [-0.05, 0) is 48.9 Å². The summed E-state index contributed by atoms with van der Waals surface area (Å²) in [6, 6.07) is 19.6. The van der Waals surface area contributed by atoms with Crippen molar-refractivity contribution in [1.29, 1.82) is 0 Å². The Hall–Kier alpha value is -3.36. The maximum atomic E-state index is 13.9. The molecular weight excluding hydrogens is 440 g/mol. The number of methoxy groups -OCH3 is 1. The SMILES string of the molecule is CCOC1CC(c2ccc(OC)cc2)c2c(c3cccnc3n2S(=O)(=O)c2ccccc2)O1. The number of nitrogens with zero attached hydrogens (tertiary/aromatic N) is 2. The normalized spacial score (nSPS) is 18.0. The zero-order chi connectivity index (χ0) is 23.0. The van der Waals surface area contributed by atoms with Crippen LogP contribution in [0.15, 0.2) is 77.8 Å². The van der Waals surface area contributed by atoms with Crippen LogP contribution in [0.3, 0.4) is 0 Å². The second-order valence-corrected chi connectivity index (χ2v) is 9.52. The highest BCUT2D eigenvalue weighted by molar-refractivity contribution is 7.90. The molecule has 0 saturated heterocycles. The average Bonchev–Trinajstić information content (AvgIpc) is 3.19. The predicted molar refractivity (Wildman–Crippen MR) is 124 cm³/mol. The van der Waals surface area contributed by atoms with Gasteiger partial charge in [-0.3, -0.25) is 0 Å². The molecule has 3 heterocycles. The first-order valence-corrected chi connectivity index (χ1v) is 12.2. The molecule has 0 bridgehead atoms. The lowest BCUT2D eigenvalue weighted by atomic mass is 9.90. The van der Waals surface area contributed by atoms with Crippen LogP contribution in [-0.4, -0.2) is 37.4 Å². The molecule has 5 rings (SSSR count). The molecule has 0 fully saturated rings. The molecule has 1 aliphatic rings. The van der Waals surface area contributed by atoms with Crippen LogP contribution < -0.4 is 9.47 Å². The van der Waals surface area contributed by atoms with E-state index in [9.17, 15) is 8.42 Å². The first-order chi connectivity index (χ1) is 16.0.